The molecule has 0 unspecified atom stereocenters. The first kappa shape index (κ1) is 23.8. The van der Waals surface area contributed by atoms with Crippen LogP contribution in [0.5, 0.6) is 11.5 Å². The number of allylic oxidation sites excluding steroid dienone is 3. The fourth-order valence-electron chi connectivity index (χ4n) is 2.93. The summed E-state index contributed by atoms with van der Waals surface area (Å²) >= 11 is 6.31. The molecule has 0 bridgehead atoms. The second-order valence-corrected chi connectivity index (χ2v) is 7.78. The van der Waals surface area contributed by atoms with E-state index < -0.39 is 17.8 Å². The van der Waals surface area contributed by atoms with Crippen molar-refractivity contribution in [3.63, 3.8) is 0 Å². The number of benzene rings is 1. The van der Waals surface area contributed by atoms with E-state index in [1.54, 1.807) is 6.92 Å². The Labute approximate surface area is 182 Å². The number of nitrogens with zero attached hydrogens (tertiary/aromatic N) is 1. The summed E-state index contributed by atoms with van der Waals surface area (Å²) in [4.78, 5) is 18.3. The normalized spacial score (nSPS) is 23.9. The van der Waals surface area contributed by atoms with Crippen LogP contribution in [0.4, 0.5) is 0 Å². The molecule has 1 aromatic carbocycles. The van der Waals surface area contributed by atoms with Crippen LogP contribution in [0, 0.1) is 5.92 Å². The molecular weight excluding hydrogens is 406 g/mol. The maximum absolute atomic E-state index is 12.9. The highest BCUT2D eigenvalue weighted by Crippen LogP contribution is 2.37. The lowest BCUT2D eigenvalue weighted by molar-refractivity contribution is 0.0262. The third-order valence-corrected chi connectivity index (χ3v) is 5.36. The first-order valence-corrected chi connectivity index (χ1v) is 10.7. The quantitative estimate of drug-likeness (QED) is 0.280. The summed E-state index contributed by atoms with van der Waals surface area (Å²) in [6.45, 7) is 6.28. The fraction of sp³-hybridized carbons (Fsp3) is 0.478. The van der Waals surface area contributed by atoms with Crippen LogP contribution in [0.2, 0.25) is 5.02 Å². The van der Waals surface area contributed by atoms with Gasteiger partial charge in [-0.05, 0) is 37.8 Å². The van der Waals surface area contributed by atoms with E-state index in [4.69, 9.17) is 21.2 Å². The molecule has 164 valence electrons. The number of ether oxygens (including phenoxy) is 1. The van der Waals surface area contributed by atoms with E-state index in [1.807, 2.05) is 25.2 Å². The maximum Gasteiger partial charge on any atom is 0.342 e. The number of hydrogen-bond acceptors (Lipinski definition) is 6. The highest BCUT2D eigenvalue weighted by molar-refractivity contribution is 6.33. The number of halogens is 1. The molecule has 0 saturated heterocycles. The highest BCUT2D eigenvalue weighted by atomic mass is 35.5. The number of oxime groups is 1. The van der Waals surface area contributed by atoms with Crippen molar-refractivity contribution in [2.24, 2.45) is 11.1 Å². The van der Waals surface area contributed by atoms with E-state index in [2.05, 4.69) is 18.2 Å². The van der Waals surface area contributed by atoms with Gasteiger partial charge in [0.25, 0.3) is 0 Å². The number of phenols is 2. The van der Waals surface area contributed by atoms with Gasteiger partial charge in [-0.25, -0.2) is 4.79 Å². The topological polar surface area (TPSA) is 88.4 Å². The Bertz CT molecular complexity index is 831. The molecule has 0 spiro atoms. The molecule has 1 aliphatic rings. The lowest BCUT2D eigenvalue weighted by atomic mass is 9.98. The molecule has 6 nitrogen and oxygen atoms in total. The minimum absolute atomic E-state index is 0.00291. The van der Waals surface area contributed by atoms with Crippen molar-refractivity contribution in [1.82, 2.24) is 0 Å². The van der Waals surface area contributed by atoms with Crippen molar-refractivity contribution >= 4 is 23.3 Å². The summed E-state index contributed by atoms with van der Waals surface area (Å²) < 4.78 is 5.58. The summed E-state index contributed by atoms with van der Waals surface area (Å²) in [6.07, 6.45) is 11.0. The Balaban J connectivity index is 2.50. The molecule has 1 aliphatic heterocycles. The van der Waals surface area contributed by atoms with Crippen LogP contribution in [0.25, 0.3) is 0 Å². The number of phenolic OH excluding ortho intramolecular Hbond substituents is 2. The molecule has 2 atom stereocenters. The monoisotopic (exact) mass is 435 g/mol. The number of esters is 1. The van der Waals surface area contributed by atoms with E-state index in [0.717, 1.165) is 31.7 Å². The lowest BCUT2D eigenvalue weighted by Gasteiger charge is -2.20. The number of carbonyl (C=O) groups excluding carboxylic acids is 1. The smallest absolute Gasteiger partial charge is 0.342 e. The Hall–Kier alpha value is -2.47. The van der Waals surface area contributed by atoms with Gasteiger partial charge in [-0.2, -0.15) is 0 Å². The van der Waals surface area contributed by atoms with Gasteiger partial charge in [0, 0.05) is 18.4 Å². The van der Waals surface area contributed by atoms with E-state index in [0.29, 0.717) is 12.3 Å². The average Bonchev–Trinajstić information content (AvgIpc) is 2.70. The maximum atomic E-state index is 12.9. The molecule has 1 heterocycles. The Morgan fingerprint density at radius 1 is 1.23 bits per heavy atom. The number of cyclic esters (lactones) is 1. The Morgan fingerprint density at radius 2 is 1.97 bits per heavy atom. The van der Waals surface area contributed by atoms with Crippen LogP contribution in [-0.2, 0) is 16.0 Å². The van der Waals surface area contributed by atoms with Gasteiger partial charge in [-0.3, -0.25) is 0 Å². The highest BCUT2D eigenvalue weighted by Gasteiger charge is 2.26. The number of rotatable bonds is 4. The first-order chi connectivity index (χ1) is 14.3. The molecular formula is C23H30ClNO5. The molecule has 30 heavy (non-hydrogen) atoms. The number of carbonyl (C=O) groups is 1. The molecule has 2 rings (SSSR count). The molecule has 2 N–H and O–H groups in total. The van der Waals surface area contributed by atoms with E-state index in [-0.39, 0.29) is 34.2 Å². The zero-order chi connectivity index (χ0) is 22.1. The molecule has 1 aromatic rings. The van der Waals surface area contributed by atoms with Gasteiger partial charge in [-0.1, -0.05) is 55.3 Å². The van der Waals surface area contributed by atoms with Crippen molar-refractivity contribution in [3.8, 4) is 11.5 Å². The van der Waals surface area contributed by atoms with Crippen LogP contribution < -0.4 is 0 Å². The average molecular weight is 436 g/mol. The molecule has 0 fully saturated rings. The summed E-state index contributed by atoms with van der Waals surface area (Å²) in [5.74, 6) is -1.41. The fourth-order valence-corrected chi connectivity index (χ4v) is 3.15. The lowest BCUT2D eigenvalue weighted by Crippen LogP contribution is -2.22. The van der Waals surface area contributed by atoms with Crippen LogP contribution >= 0.6 is 11.6 Å². The zero-order valence-corrected chi connectivity index (χ0v) is 18.5. The minimum Gasteiger partial charge on any atom is -0.507 e. The van der Waals surface area contributed by atoms with Crippen molar-refractivity contribution in [2.75, 3.05) is 6.61 Å². The zero-order valence-electron chi connectivity index (χ0n) is 17.7. The van der Waals surface area contributed by atoms with Crippen LogP contribution in [-0.4, -0.2) is 34.6 Å². The first-order valence-electron chi connectivity index (χ1n) is 10.3. The van der Waals surface area contributed by atoms with E-state index in [9.17, 15) is 15.0 Å². The predicted octanol–water partition coefficient (Wildman–Crippen LogP) is 5.55. The summed E-state index contributed by atoms with van der Waals surface area (Å²) in [6, 6.07) is 1.05. The third-order valence-electron chi connectivity index (χ3n) is 4.94. The van der Waals surface area contributed by atoms with Gasteiger partial charge in [0.1, 0.15) is 29.8 Å². The summed E-state index contributed by atoms with van der Waals surface area (Å²) in [5, 5.41) is 24.7. The van der Waals surface area contributed by atoms with Crippen LogP contribution in [0.3, 0.4) is 0 Å². The second-order valence-electron chi connectivity index (χ2n) is 7.41. The van der Waals surface area contributed by atoms with Gasteiger partial charge in [-0.15, -0.1) is 0 Å². The number of unbranched alkanes of at least 4 members (excludes halogenated alkanes) is 1. The number of hydrogen-bond donors (Lipinski definition) is 2. The molecule has 0 aliphatic carbocycles. The Kier molecular flexibility index (Phi) is 9.24. The van der Waals surface area contributed by atoms with Gasteiger partial charge in [0.05, 0.1) is 10.7 Å². The van der Waals surface area contributed by atoms with Crippen molar-refractivity contribution in [1.29, 1.82) is 0 Å². The predicted molar refractivity (Wildman–Crippen MR) is 118 cm³/mol. The van der Waals surface area contributed by atoms with Gasteiger partial charge < -0.3 is 19.8 Å². The molecule has 0 aromatic heterocycles. The van der Waals surface area contributed by atoms with Crippen LogP contribution in [0.1, 0.15) is 62.4 Å². The number of fused-ring (bicyclic) bond motifs is 1. The van der Waals surface area contributed by atoms with Crippen molar-refractivity contribution < 1.29 is 24.6 Å². The molecule has 0 amide bonds. The summed E-state index contributed by atoms with van der Waals surface area (Å²) in [5.41, 5.74) is 0.691. The summed E-state index contributed by atoms with van der Waals surface area (Å²) in [7, 11) is 0. The number of aromatic hydroxyl groups is 2. The second kappa shape index (κ2) is 11.6. The standard InChI is InChI=1S/C23H30ClNO5/c1-4-5-12-29-25-17-11-9-7-6-8-10-15(2)16(3)30-23(28)21-18(13-17)22(24)20(27)14-19(21)26/h8-11,14-16,26-27H,4-7,12-13H2,1-3H3/b10-8+,11-9+,25-17+/t15-,16+/m0/s1. The Morgan fingerprint density at radius 3 is 2.70 bits per heavy atom. The van der Waals surface area contributed by atoms with E-state index >= 15 is 0 Å². The minimum atomic E-state index is -0.704. The largest absolute Gasteiger partial charge is 0.507 e. The van der Waals surface area contributed by atoms with Crippen molar-refractivity contribution in [3.05, 3.63) is 46.5 Å². The van der Waals surface area contributed by atoms with Gasteiger partial charge in [0.15, 0.2) is 0 Å². The third kappa shape index (κ3) is 6.52. The van der Waals surface area contributed by atoms with Gasteiger partial charge >= 0.3 is 5.97 Å². The van der Waals surface area contributed by atoms with Crippen LogP contribution in [0.15, 0.2) is 35.5 Å². The molecule has 0 radical (unpaired) electrons. The van der Waals surface area contributed by atoms with Crippen molar-refractivity contribution in [2.45, 2.75) is 59.0 Å². The molecule has 0 saturated carbocycles. The molecule has 7 heteroatoms. The van der Waals surface area contributed by atoms with Gasteiger partial charge in [0.2, 0.25) is 0 Å². The SMILES string of the molecule is CCCCO/N=C1\C=C\CC/C=C/[C@H](C)[C@@H](C)OC(=O)c2c(O)cc(O)c(Cl)c2C1. The van der Waals surface area contributed by atoms with E-state index in [1.165, 1.54) is 0 Å².